The van der Waals surface area contributed by atoms with Gasteiger partial charge in [-0.05, 0) is 31.5 Å². The molecule has 0 spiro atoms. The Morgan fingerprint density at radius 3 is 2.25 bits per heavy atom. The number of nitrogens with one attached hydrogen (secondary N) is 1. The van der Waals surface area contributed by atoms with Crippen LogP contribution in [0.15, 0.2) is 42.2 Å². The van der Waals surface area contributed by atoms with Crippen LogP contribution in [0.2, 0.25) is 0 Å². The summed E-state index contributed by atoms with van der Waals surface area (Å²) in [5.74, 6) is 1.32. The van der Waals surface area contributed by atoms with Crippen molar-refractivity contribution >= 4 is 27.3 Å². The fourth-order valence-corrected chi connectivity index (χ4v) is 5.27. The number of aryl methyl sites for hydroxylation is 1. The maximum Gasteiger partial charge on any atom is 0.243 e. The molecule has 36 heavy (non-hydrogen) atoms. The first kappa shape index (κ1) is 25.5. The van der Waals surface area contributed by atoms with E-state index in [1.54, 1.807) is 42.2 Å². The summed E-state index contributed by atoms with van der Waals surface area (Å²) >= 11 is 1.33. The Hall–Kier alpha value is -3.62. The minimum atomic E-state index is -4.09. The van der Waals surface area contributed by atoms with Gasteiger partial charge in [-0.15, -0.1) is 21.5 Å². The van der Waals surface area contributed by atoms with Crippen LogP contribution in [0, 0.1) is 6.92 Å². The number of aromatic nitrogens is 6. The smallest absolute Gasteiger partial charge is 0.243 e. The summed E-state index contributed by atoms with van der Waals surface area (Å²) < 4.78 is 47.7. The molecule has 2 unspecified atom stereocenters. The summed E-state index contributed by atoms with van der Waals surface area (Å²) in [7, 11) is 0.325. The molecule has 12 nitrogen and oxygen atoms in total. The SMILES string of the molecule is COc1cccc(OC)c1-n1c(NS(=O)(=O)C(C)C(OC)c2ncc(C)cn2)nnc1-c1nccs1. The fourth-order valence-electron chi connectivity index (χ4n) is 3.53. The number of hydrogen-bond donors (Lipinski definition) is 1. The van der Waals surface area contributed by atoms with Gasteiger partial charge in [0.2, 0.25) is 16.0 Å². The summed E-state index contributed by atoms with van der Waals surface area (Å²) in [4.78, 5) is 12.8. The number of para-hydroxylation sites is 1. The maximum absolute atomic E-state index is 13.5. The van der Waals surface area contributed by atoms with E-state index >= 15 is 0 Å². The van der Waals surface area contributed by atoms with Gasteiger partial charge in [-0.3, -0.25) is 9.29 Å². The largest absolute Gasteiger partial charge is 0.494 e. The van der Waals surface area contributed by atoms with Crippen molar-refractivity contribution < 1.29 is 22.6 Å². The zero-order chi connectivity index (χ0) is 25.9. The number of ether oxygens (including phenoxy) is 3. The van der Waals surface area contributed by atoms with Gasteiger partial charge in [0.1, 0.15) is 28.5 Å². The zero-order valence-electron chi connectivity index (χ0n) is 20.2. The summed E-state index contributed by atoms with van der Waals surface area (Å²) in [5.41, 5.74) is 1.25. The molecule has 4 aromatic rings. The van der Waals surface area contributed by atoms with Gasteiger partial charge >= 0.3 is 0 Å². The van der Waals surface area contributed by atoms with E-state index < -0.39 is 21.4 Å². The minimum Gasteiger partial charge on any atom is -0.494 e. The first-order chi connectivity index (χ1) is 17.3. The van der Waals surface area contributed by atoms with E-state index in [9.17, 15) is 8.42 Å². The molecule has 4 rings (SSSR count). The lowest BCUT2D eigenvalue weighted by molar-refractivity contribution is 0.0949. The van der Waals surface area contributed by atoms with Crippen molar-refractivity contribution in [1.82, 2.24) is 29.7 Å². The molecule has 0 aliphatic heterocycles. The number of methoxy groups -OCH3 is 3. The number of sulfonamides is 1. The minimum absolute atomic E-state index is 0.0745. The second kappa shape index (κ2) is 10.6. The lowest BCUT2D eigenvalue weighted by Gasteiger charge is -2.22. The zero-order valence-corrected chi connectivity index (χ0v) is 21.9. The van der Waals surface area contributed by atoms with Crippen molar-refractivity contribution in [1.29, 1.82) is 0 Å². The first-order valence-electron chi connectivity index (χ1n) is 10.7. The molecule has 0 fully saturated rings. The summed E-state index contributed by atoms with van der Waals surface area (Å²) in [6.07, 6.45) is 3.89. The topological polar surface area (TPSA) is 143 Å². The third kappa shape index (κ3) is 4.87. The molecular weight excluding hydrogens is 506 g/mol. The van der Waals surface area contributed by atoms with Crippen LogP contribution in [-0.4, -0.2) is 64.7 Å². The maximum atomic E-state index is 13.5. The van der Waals surface area contributed by atoms with Gasteiger partial charge in [0.25, 0.3) is 0 Å². The average molecular weight is 532 g/mol. The second-order valence-electron chi connectivity index (χ2n) is 7.66. The molecular formula is C22H25N7O5S2. The molecule has 0 radical (unpaired) electrons. The van der Waals surface area contributed by atoms with Gasteiger partial charge in [-0.25, -0.2) is 23.4 Å². The molecule has 190 valence electrons. The predicted octanol–water partition coefficient (Wildman–Crippen LogP) is 3.02. The molecule has 0 aliphatic carbocycles. The highest BCUT2D eigenvalue weighted by Gasteiger charge is 2.35. The van der Waals surface area contributed by atoms with Crippen molar-refractivity contribution in [2.24, 2.45) is 0 Å². The van der Waals surface area contributed by atoms with Crippen molar-refractivity contribution in [2.45, 2.75) is 25.2 Å². The van der Waals surface area contributed by atoms with Gasteiger partial charge < -0.3 is 14.2 Å². The van der Waals surface area contributed by atoms with Crippen LogP contribution in [-0.2, 0) is 14.8 Å². The number of hydrogen-bond acceptors (Lipinski definition) is 11. The Morgan fingerprint density at radius 2 is 1.69 bits per heavy atom. The molecule has 0 saturated carbocycles. The van der Waals surface area contributed by atoms with Crippen molar-refractivity contribution in [3.8, 4) is 28.0 Å². The van der Waals surface area contributed by atoms with E-state index in [4.69, 9.17) is 14.2 Å². The van der Waals surface area contributed by atoms with Gasteiger partial charge in [0, 0.05) is 31.1 Å². The van der Waals surface area contributed by atoms with E-state index in [1.165, 1.54) is 44.2 Å². The van der Waals surface area contributed by atoms with E-state index in [0.717, 1.165) is 5.56 Å². The monoisotopic (exact) mass is 531 g/mol. The summed E-state index contributed by atoms with van der Waals surface area (Å²) in [6.45, 7) is 3.35. The molecule has 3 heterocycles. The third-order valence-corrected chi connectivity index (χ3v) is 7.83. The van der Waals surface area contributed by atoms with E-state index in [2.05, 4.69) is 29.9 Å². The van der Waals surface area contributed by atoms with Crippen LogP contribution in [0.25, 0.3) is 16.5 Å². The molecule has 0 amide bonds. The molecule has 2 atom stereocenters. The Kier molecular flexibility index (Phi) is 7.47. The van der Waals surface area contributed by atoms with Crippen molar-refractivity contribution in [3.05, 3.63) is 53.6 Å². The highest BCUT2D eigenvalue weighted by molar-refractivity contribution is 7.93. The molecule has 0 saturated heterocycles. The molecule has 14 heteroatoms. The quantitative estimate of drug-likeness (QED) is 0.324. The second-order valence-corrected chi connectivity index (χ2v) is 10.6. The number of rotatable bonds is 10. The van der Waals surface area contributed by atoms with E-state index in [0.29, 0.717) is 28.0 Å². The lowest BCUT2D eigenvalue weighted by Crippen LogP contribution is -2.33. The summed E-state index contributed by atoms with van der Waals surface area (Å²) in [5, 5.41) is 9.59. The average Bonchev–Trinajstić information content (AvgIpc) is 3.54. The van der Waals surface area contributed by atoms with Crippen molar-refractivity contribution in [2.75, 3.05) is 26.1 Å². The predicted molar refractivity (Wildman–Crippen MR) is 134 cm³/mol. The van der Waals surface area contributed by atoms with Gasteiger partial charge in [-0.1, -0.05) is 6.07 Å². The fraction of sp³-hybridized carbons (Fsp3) is 0.318. The Morgan fingerprint density at radius 1 is 1.03 bits per heavy atom. The number of benzene rings is 1. The number of nitrogens with zero attached hydrogens (tertiary/aromatic N) is 6. The lowest BCUT2D eigenvalue weighted by atomic mass is 10.2. The highest BCUT2D eigenvalue weighted by atomic mass is 32.2. The van der Waals surface area contributed by atoms with Gasteiger partial charge in [0.15, 0.2) is 16.7 Å². The first-order valence-corrected chi connectivity index (χ1v) is 13.1. The standard InChI is InChI=1S/C22H25N7O5S2/c1-13-11-24-19(25-12-13)18(34-5)14(2)36(30,31)28-22-27-26-20(21-23-9-10-35-21)29(22)17-15(32-3)7-6-8-16(17)33-4/h6-12,14,18H,1-5H3,(H,27,28). The summed E-state index contributed by atoms with van der Waals surface area (Å²) in [6, 6.07) is 5.20. The number of anilines is 1. The number of thiazole rings is 1. The molecule has 1 N–H and O–H groups in total. The van der Waals surface area contributed by atoms with Crippen LogP contribution in [0.5, 0.6) is 11.5 Å². The van der Waals surface area contributed by atoms with E-state index in [1.807, 2.05) is 6.92 Å². The normalized spacial score (nSPS) is 13.2. The van der Waals surface area contributed by atoms with Gasteiger partial charge in [0.05, 0.1) is 14.2 Å². The Labute approximate surface area is 212 Å². The molecule has 0 aliphatic rings. The molecule has 0 bridgehead atoms. The Balaban J connectivity index is 1.81. The van der Waals surface area contributed by atoms with Crippen LogP contribution in [0.1, 0.15) is 24.4 Å². The van der Waals surface area contributed by atoms with Gasteiger partial charge in [-0.2, -0.15) is 0 Å². The Bertz CT molecular complexity index is 1400. The molecule has 1 aromatic carbocycles. The molecule has 3 aromatic heterocycles. The third-order valence-electron chi connectivity index (χ3n) is 5.37. The van der Waals surface area contributed by atoms with Crippen LogP contribution in [0.4, 0.5) is 5.95 Å². The van der Waals surface area contributed by atoms with Crippen LogP contribution >= 0.6 is 11.3 Å². The van der Waals surface area contributed by atoms with E-state index in [-0.39, 0.29) is 11.8 Å². The highest BCUT2D eigenvalue weighted by Crippen LogP contribution is 2.38. The van der Waals surface area contributed by atoms with Crippen molar-refractivity contribution in [3.63, 3.8) is 0 Å². The van der Waals surface area contributed by atoms with Crippen LogP contribution in [0.3, 0.4) is 0 Å². The van der Waals surface area contributed by atoms with Crippen LogP contribution < -0.4 is 14.2 Å².